The minimum absolute atomic E-state index is 0.0144. The number of aromatic nitrogens is 2. The number of alkyl halides is 2. The van der Waals surface area contributed by atoms with E-state index in [0.29, 0.717) is 21.7 Å². The first kappa shape index (κ1) is 23.7. The van der Waals surface area contributed by atoms with Crippen LogP contribution >= 0.6 is 11.8 Å². The van der Waals surface area contributed by atoms with E-state index in [9.17, 15) is 18.4 Å². The van der Waals surface area contributed by atoms with Crippen molar-refractivity contribution in [2.75, 3.05) is 5.75 Å². The van der Waals surface area contributed by atoms with Crippen LogP contribution in [0.3, 0.4) is 0 Å². The molecule has 1 aromatic heterocycles. The lowest BCUT2D eigenvalue weighted by molar-refractivity contribution is -0.131. The molecule has 0 aliphatic rings. The van der Waals surface area contributed by atoms with Crippen molar-refractivity contribution in [2.24, 2.45) is 0 Å². The molecular formula is C23H25F2N3O3S. The molecule has 1 amide bonds. The van der Waals surface area contributed by atoms with Gasteiger partial charge in [-0.25, -0.2) is 4.98 Å². The molecule has 170 valence electrons. The Morgan fingerprint density at radius 1 is 1.06 bits per heavy atom. The Bertz CT molecular complexity index is 1140. The van der Waals surface area contributed by atoms with Crippen molar-refractivity contribution in [2.45, 2.75) is 51.5 Å². The van der Waals surface area contributed by atoms with Crippen molar-refractivity contribution in [1.29, 1.82) is 0 Å². The van der Waals surface area contributed by atoms with Crippen LogP contribution in [-0.4, -0.2) is 44.8 Å². The van der Waals surface area contributed by atoms with Crippen LogP contribution in [0.5, 0.6) is 5.75 Å². The molecule has 9 heteroatoms. The number of fused-ring (bicyclic) bond motifs is 1. The second-order valence-electron chi connectivity index (χ2n) is 7.70. The lowest BCUT2D eigenvalue weighted by Crippen LogP contribution is -2.43. The highest BCUT2D eigenvalue weighted by atomic mass is 32.2. The standard InChI is InChI=1S/C23H25F2N3O3S/c1-14(2)27(15(3)4)20(29)13-32-23-26-19-8-6-5-7-18(19)21(30)28(23)16-9-11-17(12-10-16)31-22(24)25/h5-12,14-15,22H,13H2,1-4H3. The Balaban J connectivity index is 2.01. The number of amides is 1. The topological polar surface area (TPSA) is 64.4 Å². The normalized spacial score (nSPS) is 11.5. The van der Waals surface area contributed by atoms with E-state index in [0.717, 1.165) is 0 Å². The van der Waals surface area contributed by atoms with Gasteiger partial charge in [0.2, 0.25) is 5.91 Å². The molecule has 0 radical (unpaired) electrons. The van der Waals surface area contributed by atoms with Crippen LogP contribution in [-0.2, 0) is 4.79 Å². The summed E-state index contributed by atoms with van der Waals surface area (Å²) in [4.78, 5) is 32.5. The van der Waals surface area contributed by atoms with Crippen LogP contribution < -0.4 is 10.3 Å². The maximum absolute atomic E-state index is 13.3. The summed E-state index contributed by atoms with van der Waals surface area (Å²) in [6, 6.07) is 12.8. The molecule has 0 saturated heterocycles. The molecule has 2 aromatic carbocycles. The fourth-order valence-corrected chi connectivity index (χ4v) is 4.47. The van der Waals surface area contributed by atoms with Crippen LogP contribution in [0.2, 0.25) is 0 Å². The van der Waals surface area contributed by atoms with Gasteiger partial charge in [0.1, 0.15) is 5.75 Å². The summed E-state index contributed by atoms with van der Waals surface area (Å²) >= 11 is 1.17. The number of benzene rings is 2. The number of hydrogen-bond acceptors (Lipinski definition) is 5. The van der Waals surface area contributed by atoms with Gasteiger partial charge in [-0.1, -0.05) is 23.9 Å². The highest BCUT2D eigenvalue weighted by molar-refractivity contribution is 7.99. The molecule has 0 unspecified atom stereocenters. The number of rotatable bonds is 8. The summed E-state index contributed by atoms with van der Waals surface area (Å²) in [6.07, 6.45) is 0. The van der Waals surface area contributed by atoms with Gasteiger partial charge in [0, 0.05) is 12.1 Å². The van der Waals surface area contributed by atoms with Crippen molar-refractivity contribution in [3.8, 4) is 11.4 Å². The first-order valence-corrected chi connectivity index (χ1v) is 11.2. The smallest absolute Gasteiger partial charge is 0.387 e. The molecule has 0 atom stereocenters. The van der Waals surface area contributed by atoms with Gasteiger partial charge in [-0.15, -0.1) is 0 Å². The van der Waals surface area contributed by atoms with E-state index in [1.165, 1.54) is 40.6 Å². The van der Waals surface area contributed by atoms with E-state index in [4.69, 9.17) is 0 Å². The van der Waals surface area contributed by atoms with Crippen LogP contribution in [0, 0.1) is 0 Å². The van der Waals surface area contributed by atoms with Gasteiger partial charge < -0.3 is 9.64 Å². The highest BCUT2D eigenvalue weighted by Gasteiger charge is 2.22. The molecule has 3 aromatic rings. The van der Waals surface area contributed by atoms with E-state index in [-0.39, 0.29) is 35.1 Å². The Kier molecular flexibility index (Phi) is 7.50. The maximum atomic E-state index is 13.3. The lowest BCUT2D eigenvalue weighted by Gasteiger charge is -2.30. The average molecular weight is 462 g/mol. The van der Waals surface area contributed by atoms with Crippen molar-refractivity contribution in [1.82, 2.24) is 14.5 Å². The van der Waals surface area contributed by atoms with Gasteiger partial charge >= 0.3 is 6.61 Å². The fourth-order valence-electron chi connectivity index (χ4n) is 3.59. The first-order chi connectivity index (χ1) is 15.2. The quantitative estimate of drug-likeness (QED) is 0.359. The SMILES string of the molecule is CC(C)N(C(=O)CSc1nc2ccccc2c(=O)n1-c1ccc(OC(F)F)cc1)C(C)C. The van der Waals surface area contributed by atoms with Gasteiger partial charge in [-0.2, -0.15) is 8.78 Å². The predicted octanol–water partition coefficient (Wildman–Crippen LogP) is 4.72. The molecule has 6 nitrogen and oxygen atoms in total. The average Bonchev–Trinajstić information content (AvgIpc) is 2.72. The molecule has 3 rings (SSSR count). The van der Waals surface area contributed by atoms with Crippen molar-refractivity contribution in [3.63, 3.8) is 0 Å². The zero-order valence-electron chi connectivity index (χ0n) is 18.3. The fraction of sp³-hybridized carbons (Fsp3) is 0.348. The van der Waals surface area contributed by atoms with Gasteiger partial charge in [0.15, 0.2) is 5.16 Å². The largest absolute Gasteiger partial charge is 0.435 e. The highest BCUT2D eigenvalue weighted by Crippen LogP contribution is 2.24. The number of halogens is 2. The molecule has 0 aliphatic heterocycles. The third-order valence-electron chi connectivity index (χ3n) is 4.79. The Morgan fingerprint density at radius 3 is 2.28 bits per heavy atom. The summed E-state index contributed by atoms with van der Waals surface area (Å²) in [5.74, 6) is 0.0299. The van der Waals surface area contributed by atoms with Crippen molar-refractivity contribution >= 4 is 28.6 Å². The van der Waals surface area contributed by atoms with Crippen molar-refractivity contribution in [3.05, 3.63) is 58.9 Å². The summed E-state index contributed by atoms with van der Waals surface area (Å²) in [7, 11) is 0. The van der Waals surface area contributed by atoms with Gasteiger partial charge in [-0.05, 0) is 64.1 Å². The van der Waals surface area contributed by atoms with E-state index >= 15 is 0 Å². The van der Waals surface area contributed by atoms with Gasteiger partial charge in [0.05, 0.1) is 22.3 Å². The molecule has 0 saturated carbocycles. The minimum Gasteiger partial charge on any atom is -0.435 e. The summed E-state index contributed by atoms with van der Waals surface area (Å²) in [5.41, 5.74) is 0.651. The minimum atomic E-state index is -2.94. The third kappa shape index (κ3) is 5.27. The van der Waals surface area contributed by atoms with Crippen LogP contribution in [0.4, 0.5) is 8.78 Å². The Labute approximate surface area is 189 Å². The van der Waals surface area contributed by atoms with Crippen LogP contribution in [0.15, 0.2) is 58.5 Å². The van der Waals surface area contributed by atoms with Crippen LogP contribution in [0.1, 0.15) is 27.7 Å². The molecule has 1 heterocycles. The zero-order valence-corrected chi connectivity index (χ0v) is 19.1. The second-order valence-corrected chi connectivity index (χ2v) is 8.64. The number of ether oxygens (including phenoxy) is 1. The molecule has 0 fully saturated rings. The summed E-state index contributed by atoms with van der Waals surface area (Å²) < 4.78 is 30.7. The molecule has 32 heavy (non-hydrogen) atoms. The Hall–Kier alpha value is -2.94. The zero-order chi connectivity index (χ0) is 23.4. The number of hydrogen-bond donors (Lipinski definition) is 0. The van der Waals surface area contributed by atoms with E-state index in [1.807, 2.05) is 27.7 Å². The van der Waals surface area contributed by atoms with Crippen LogP contribution in [0.25, 0.3) is 16.6 Å². The summed E-state index contributed by atoms with van der Waals surface area (Å²) in [5, 5.41) is 0.763. The number of nitrogens with zero attached hydrogens (tertiary/aromatic N) is 3. The first-order valence-electron chi connectivity index (χ1n) is 10.2. The maximum Gasteiger partial charge on any atom is 0.387 e. The summed E-state index contributed by atoms with van der Waals surface area (Å²) in [6.45, 7) is 4.88. The number of thioether (sulfide) groups is 1. The number of carbonyl (C=O) groups is 1. The molecule has 0 bridgehead atoms. The van der Waals surface area contributed by atoms with E-state index in [2.05, 4.69) is 9.72 Å². The van der Waals surface area contributed by atoms with Crippen molar-refractivity contribution < 1.29 is 18.3 Å². The van der Waals surface area contributed by atoms with E-state index in [1.54, 1.807) is 29.2 Å². The van der Waals surface area contributed by atoms with Gasteiger partial charge in [0.25, 0.3) is 5.56 Å². The number of para-hydroxylation sites is 1. The lowest BCUT2D eigenvalue weighted by atomic mass is 10.2. The molecular weight excluding hydrogens is 436 g/mol. The predicted molar refractivity (Wildman–Crippen MR) is 122 cm³/mol. The molecule has 0 aliphatic carbocycles. The molecule has 0 N–H and O–H groups in total. The van der Waals surface area contributed by atoms with Gasteiger partial charge in [-0.3, -0.25) is 14.2 Å². The number of carbonyl (C=O) groups excluding carboxylic acids is 1. The Morgan fingerprint density at radius 2 is 1.69 bits per heavy atom. The van der Waals surface area contributed by atoms with E-state index < -0.39 is 6.61 Å². The second kappa shape index (κ2) is 10.1. The monoisotopic (exact) mass is 461 g/mol. The molecule has 0 spiro atoms. The third-order valence-corrected chi connectivity index (χ3v) is 5.71.